The lowest BCUT2D eigenvalue weighted by atomic mass is 10.0. The van der Waals surface area contributed by atoms with Gasteiger partial charge in [0.1, 0.15) is 0 Å². The van der Waals surface area contributed by atoms with E-state index in [9.17, 15) is 0 Å². The number of nitrogens with two attached hydrogens (primary N) is 1. The Morgan fingerprint density at radius 1 is 0.435 bits per heavy atom. The van der Waals surface area contributed by atoms with Crippen molar-refractivity contribution in [2.24, 2.45) is 5.73 Å². The number of hydrogen-bond acceptors (Lipinski definition) is 4. The van der Waals surface area contributed by atoms with E-state index in [1.165, 1.54) is 83.5 Å². The summed E-state index contributed by atoms with van der Waals surface area (Å²) in [5, 5.41) is 0. The summed E-state index contributed by atoms with van der Waals surface area (Å²) in [6, 6.07) is 0.194. The molecule has 0 aliphatic rings. The first kappa shape index (κ1) is 23.1. The van der Waals surface area contributed by atoms with Crippen LogP contribution in [0.4, 0.5) is 0 Å². The van der Waals surface area contributed by atoms with E-state index in [4.69, 9.17) is 20.1 Å². The second kappa shape index (κ2) is 16.9. The summed E-state index contributed by atoms with van der Waals surface area (Å²) in [4.78, 5) is 26.7. The molecule has 0 aromatic heterocycles. The molecule has 0 aliphatic heterocycles. The van der Waals surface area contributed by atoms with Gasteiger partial charge in [-0.2, -0.15) is 0 Å². The van der Waals surface area contributed by atoms with Gasteiger partial charge >= 0.3 is 8.80 Å². The average molecular weight is 348 g/mol. The quantitative estimate of drug-likeness (QED) is 0.222. The first-order valence-electron chi connectivity index (χ1n) is 9.93. The van der Waals surface area contributed by atoms with E-state index in [0.717, 1.165) is 25.8 Å². The molecule has 0 aliphatic carbocycles. The minimum atomic E-state index is -3.77. The molecule has 0 bridgehead atoms. The predicted molar refractivity (Wildman–Crippen MR) is 100 cm³/mol. The first-order valence-corrected chi connectivity index (χ1v) is 12.0. The van der Waals surface area contributed by atoms with Gasteiger partial charge in [-0.25, -0.2) is 0 Å². The first-order chi connectivity index (χ1) is 11.1. The highest BCUT2D eigenvalue weighted by Gasteiger charge is 2.25. The van der Waals surface area contributed by atoms with Crippen LogP contribution in [0.15, 0.2) is 0 Å². The van der Waals surface area contributed by atoms with Crippen LogP contribution in [0.25, 0.3) is 0 Å². The highest BCUT2D eigenvalue weighted by molar-refractivity contribution is 6.56. The van der Waals surface area contributed by atoms with Crippen LogP contribution in [-0.2, 0) is 0 Å². The van der Waals surface area contributed by atoms with Gasteiger partial charge in [0.2, 0.25) is 0 Å². The van der Waals surface area contributed by atoms with E-state index < -0.39 is 8.80 Å². The fourth-order valence-corrected chi connectivity index (χ4v) is 3.71. The maximum Gasteiger partial charge on any atom is 0.492 e. The number of hydrogen-bond donors (Lipinski definition) is 4. The van der Waals surface area contributed by atoms with Crippen LogP contribution < -0.4 is 5.73 Å². The summed E-state index contributed by atoms with van der Waals surface area (Å²) in [6.07, 6.45) is 20.3. The molecular formula is C18H41NO3Si. The molecule has 0 radical (unpaired) electrons. The zero-order valence-corrected chi connectivity index (χ0v) is 16.1. The fraction of sp³-hybridized carbons (Fsp3) is 1.00. The minimum absolute atomic E-state index is 0.194. The molecule has 0 atom stereocenters. The lowest BCUT2D eigenvalue weighted by Crippen LogP contribution is -2.33. The Balaban J connectivity index is 3.00. The van der Waals surface area contributed by atoms with E-state index in [1.54, 1.807) is 0 Å². The van der Waals surface area contributed by atoms with Crippen molar-refractivity contribution in [3.8, 4) is 0 Å². The molecule has 0 spiro atoms. The monoisotopic (exact) mass is 347 g/mol. The Morgan fingerprint density at radius 2 is 0.696 bits per heavy atom. The summed E-state index contributed by atoms with van der Waals surface area (Å²) in [6.45, 7) is 0.843. The fourth-order valence-electron chi connectivity index (χ4n) is 2.98. The maximum atomic E-state index is 8.89. The summed E-state index contributed by atoms with van der Waals surface area (Å²) >= 11 is 0. The summed E-state index contributed by atoms with van der Waals surface area (Å²) in [5.74, 6) is 0. The Bertz CT molecular complexity index is 235. The van der Waals surface area contributed by atoms with E-state index in [-0.39, 0.29) is 6.04 Å². The molecule has 5 heteroatoms. The van der Waals surface area contributed by atoms with Crippen LogP contribution in [-0.4, -0.2) is 29.7 Å². The van der Waals surface area contributed by atoms with Gasteiger partial charge in [0.05, 0.1) is 0 Å². The lowest BCUT2D eigenvalue weighted by molar-refractivity contribution is 0.226. The highest BCUT2D eigenvalue weighted by Crippen LogP contribution is 2.14. The van der Waals surface area contributed by atoms with Gasteiger partial charge in [-0.1, -0.05) is 89.9 Å². The third-order valence-corrected chi connectivity index (χ3v) is 5.49. The van der Waals surface area contributed by atoms with E-state index in [2.05, 4.69) is 0 Å². The summed E-state index contributed by atoms with van der Waals surface area (Å²) in [5.41, 5.74) is 5.48. The van der Waals surface area contributed by atoms with E-state index in [1.807, 2.05) is 0 Å². The molecule has 0 unspecified atom stereocenters. The van der Waals surface area contributed by atoms with Crippen molar-refractivity contribution in [2.75, 3.05) is 6.54 Å². The molecule has 0 aromatic rings. The molecule has 23 heavy (non-hydrogen) atoms. The average Bonchev–Trinajstić information content (AvgIpc) is 2.49. The van der Waals surface area contributed by atoms with Gasteiger partial charge in [0, 0.05) is 6.04 Å². The van der Waals surface area contributed by atoms with E-state index >= 15 is 0 Å². The Labute approximate surface area is 144 Å². The summed E-state index contributed by atoms with van der Waals surface area (Å²) in [7, 11) is -3.77. The standard InChI is InChI=1S/C18H41NO3Si/c19-17-15-13-11-9-7-5-3-1-2-4-6-8-10-12-14-16-18-23(20,21)22/h20-22H,1-19H2. The molecule has 140 valence electrons. The van der Waals surface area contributed by atoms with Crippen molar-refractivity contribution < 1.29 is 14.4 Å². The molecule has 0 saturated heterocycles. The smallest absolute Gasteiger partial charge is 0.390 e. The van der Waals surface area contributed by atoms with Crippen molar-refractivity contribution in [1.29, 1.82) is 0 Å². The molecular weight excluding hydrogens is 306 g/mol. The molecule has 5 N–H and O–H groups in total. The number of unbranched alkanes of at least 4 members (excludes halogenated alkanes) is 15. The topological polar surface area (TPSA) is 86.7 Å². The van der Waals surface area contributed by atoms with Crippen molar-refractivity contribution in [3.63, 3.8) is 0 Å². The van der Waals surface area contributed by atoms with Gasteiger partial charge in [-0.05, 0) is 19.4 Å². The van der Waals surface area contributed by atoms with E-state index in [0.29, 0.717) is 0 Å². The van der Waals surface area contributed by atoms with Gasteiger partial charge in [-0.15, -0.1) is 0 Å². The van der Waals surface area contributed by atoms with Crippen LogP contribution in [0.3, 0.4) is 0 Å². The normalized spacial score (nSPS) is 12.0. The minimum Gasteiger partial charge on any atom is -0.390 e. The predicted octanol–water partition coefficient (Wildman–Crippen LogP) is 4.10. The zero-order chi connectivity index (χ0) is 17.2. The van der Waals surface area contributed by atoms with Crippen molar-refractivity contribution in [1.82, 2.24) is 0 Å². The second-order valence-electron chi connectivity index (χ2n) is 6.97. The SMILES string of the molecule is NCCCCCCCCCCCCCCCCCC[Si](O)(O)O. The molecule has 0 saturated carbocycles. The van der Waals surface area contributed by atoms with Crippen LogP contribution in [0.1, 0.15) is 103 Å². The molecule has 0 aromatic carbocycles. The van der Waals surface area contributed by atoms with Crippen molar-refractivity contribution in [2.45, 2.75) is 109 Å². The lowest BCUT2D eigenvalue weighted by Gasteiger charge is -2.08. The molecule has 0 rings (SSSR count). The Kier molecular flexibility index (Phi) is 16.9. The Hall–Kier alpha value is 0.0569. The third kappa shape index (κ3) is 22.1. The van der Waals surface area contributed by atoms with Crippen LogP contribution in [0, 0.1) is 0 Å². The van der Waals surface area contributed by atoms with Gasteiger partial charge in [-0.3, -0.25) is 0 Å². The van der Waals surface area contributed by atoms with Gasteiger partial charge in [0.15, 0.2) is 0 Å². The molecule has 0 amide bonds. The zero-order valence-electron chi connectivity index (χ0n) is 15.1. The third-order valence-electron chi connectivity index (χ3n) is 4.47. The van der Waals surface area contributed by atoms with Crippen molar-refractivity contribution in [3.05, 3.63) is 0 Å². The Morgan fingerprint density at radius 3 is 0.957 bits per heavy atom. The van der Waals surface area contributed by atoms with Gasteiger partial charge in [0.25, 0.3) is 0 Å². The summed E-state index contributed by atoms with van der Waals surface area (Å²) < 4.78 is 0. The van der Waals surface area contributed by atoms with Crippen LogP contribution in [0.5, 0.6) is 0 Å². The van der Waals surface area contributed by atoms with Crippen LogP contribution >= 0.6 is 0 Å². The van der Waals surface area contributed by atoms with Crippen molar-refractivity contribution >= 4 is 8.80 Å². The molecule has 0 fully saturated rings. The second-order valence-corrected chi connectivity index (χ2v) is 9.02. The highest BCUT2D eigenvalue weighted by atomic mass is 28.4. The molecule has 4 nitrogen and oxygen atoms in total. The maximum absolute atomic E-state index is 8.89. The number of rotatable bonds is 18. The molecule has 0 heterocycles. The van der Waals surface area contributed by atoms with Crippen LogP contribution in [0.2, 0.25) is 6.04 Å². The largest absolute Gasteiger partial charge is 0.492 e. The van der Waals surface area contributed by atoms with Gasteiger partial charge < -0.3 is 20.1 Å².